The van der Waals surface area contributed by atoms with Crippen molar-refractivity contribution in [2.45, 2.75) is 24.3 Å². The molecule has 0 unspecified atom stereocenters. The normalized spacial score (nSPS) is 16.8. The van der Waals surface area contributed by atoms with Crippen LogP contribution < -0.4 is 5.32 Å². The molecule has 0 aliphatic heterocycles. The Morgan fingerprint density at radius 1 is 1.39 bits per heavy atom. The molecule has 0 spiro atoms. The van der Waals surface area contributed by atoms with E-state index in [4.69, 9.17) is 4.74 Å². The number of nitrogens with zero attached hydrogens (tertiary/aromatic N) is 2. The number of methoxy groups -OCH3 is 1. The second-order valence-electron chi connectivity index (χ2n) is 5.95. The fraction of sp³-hybridized carbons (Fsp3) is 0.412. The summed E-state index contributed by atoms with van der Waals surface area (Å²) in [5.41, 5.74) is 1.20. The van der Waals surface area contributed by atoms with E-state index >= 15 is 0 Å². The lowest BCUT2D eigenvalue weighted by atomic mass is 9.94. The Hall–Kier alpha value is -2.21. The Balaban J connectivity index is 1.79. The number of rotatable bonds is 6. The zero-order chi connectivity index (χ0) is 16.4. The van der Waals surface area contributed by atoms with Crippen LogP contribution >= 0.6 is 0 Å². The number of aryl methyl sites for hydroxylation is 1. The Kier molecular flexibility index (Phi) is 4.17. The van der Waals surface area contributed by atoms with Crippen LogP contribution in [0.1, 0.15) is 30.1 Å². The van der Waals surface area contributed by atoms with Crippen LogP contribution in [0.4, 0.5) is 4.39 Å². The lowest BCUT2D eigenvalue weighted by Gasteiger charge is -2.22. The number of benzene rings is 1. The molecule has 6 heteroatoms. The molecule has 1 N–H and O–H groups in total. The van der Waals surface area contributed by atoms with Crippen molar-refractivity contribution in [3.05, 3.63) is 53.6 Å². The van der Waals surface area contributed by atoms with Crippen LogP contribution in [-0.2, 0) is 22.0 Å². The van der Waals surface area contributed by atoms with Crippen molar-refractivity contribution in [3.63, 3.8) is 0 Å². The Bertz CT molecular complexity index is 692. The van der Waals surface area contributed by atoms with Crippen molar-refractivity contribution in [1.82, 2.24) is 15.1 Å². The van der Waals surface area contributed by atoms with Gasteiger partial charge in [0.2, 0.25) is 5.91 Å². The van der Waals surface area contributed by atoms with E-state index in [1.54, 1.807) is 30.1 Å². The fourth-order valence-electron chi connectivity index (χ4n) is 2.93. The molecule has 1 amide bonds. The van der Waals surface area contributed by atoms with Gasteiger partial charge in [-0.05, 0) is 36.6 Å². The quantitative estimate of drug-likeness (QED) is 0.887. The number of nitrogens with one attached hydrogen (secondary N) is 1. The highest BCUT2D eigenvalue weighted by atomic mass is 19.1. The predicted octanol–water partition coefficient (Wildman–Crippen LogP) is 2.09. The van der Waals surface area contributed by atoms with Crippen molar-refractivity contribution < 1.29 is 13.9 Å². The van der Waals surface area contributed by atoms with E-state index in [0.717, 1.165) is 24.1 Å². The van der Waals surface area contributed by atoms with Gasteiger partial charge in [-0.2, -0.15) is 5.10 Å². The first-order valence-corrected chi connectivity index (χ1v) is 7.61. The molecule has 0 bridgehead atoms. The maximum absolute atomic E-state index is 13.1. The smallest absolute Gasteiger partial charge is 0.231 e. The zero-order valence-corrected chi connectivity index (χ0v) is 13.3. The average Bonchev–Trinajstić information content (AvgIpc) is 3.24. The van der Waals surface area contributed by atoms with Gasteiger partial charge in [0, 0.05) is 20.4 Å². The molecule has 3 rings (SSSR count). The van der Waals surface area contributed by atoms with Crippen molar-refractivity contribution in [2.75, 3.05) is 13.7 Å². The highest BCUT2D eigenvalue weighted by Gasteiger charge is 2.51. The lowest BCUT2D eigenvalue weighted by Crippen LogP contribution is -2.39. The van der Waals surface area contributed by atoms with E-state index in [1.165, 1.54) is 12.1 Å². The topological polar surface area (TPSA) is 56.1 Å². The highest BCUT2D eigenvalue weighted by molar-refractivity contribution is 5.91. The zero-order valence-electron chi connectivity index (χ0n) is 13.3. The minimum Gasteiger partial charge on any atom is -0.382 e. The molecule has 1 aromatic heterocycles. The van der Waals surface area contributed by atoms with E-state index < -0.39 is 5.41 Å². The number of aromatic nitrogens is 2. The molecule has 1 saturated carbocycles. The van der Waals surface area contributed by atoms with E-state index in [0.29, 0.717) is 6.61 Å². The number of amides is 1. The maximum atomic E-state index is 13.1. The predicted molar refractivity (Wildman–Crippen MR) is 83.3 cm³/mol. The molecule has 5 nitrogen and oxygen atoms in total. The summed E-state index contributed by atoms with van der Waals surface area (Å²) in [6.45, 7) is 0.366. The highest BCUT2D eigenvalue weighted by Crippen LogP contribution is 2.48. The SMILES string of the molecule is COC[C@@H](NC(=O)C1(c2ccc(F)cc2)CC1)c1ccnn1C. The second kappa shape index (κ2) is 6.12. The fourth-order valence-corrected chi connectivity index (χ4v) is 2.93. The summed E-state index contributed by atoms with van der Waals surface area (Å²) in [4.78, 5) is 12.8. The van der Waals surface area contributed by atoms with Crippen molar-refractivity contribution >= 4 is 5.91 Å². The van der Waals surface area contributed by atoms with E-state index in [1.807, 2.05) is 13.1 Å². The van der Waals surface area contributed by atoms with Crippen molar-refractivity contribution in [3.8, 4) is 0 Å². The van der Waals surface area contributed by atoms with Crippen LogP contribution in [0, 0.1) is 5.82 Å². The molecule has 1 aliphatic rings. The van der Waals surface area contributed by atoms with Gasteiger partial charge in [-0.1, -0.05) is 12.1 Å². The molecule has 0 saturated heterocycles. The standard InChI is InChI=1S/C17H20FN3O2/c1-21-15(7-10-19-21)14(11-23-2)20-16(22)17(8-9-17)12-3-5-13(18)6-4-12/h3-7,10,14H,8-9,11H2,1-2H3,(H,20,22)/t14-/m1/s1. The van der Waals surface area contributed by atoms with E-state index in [9.17, 15) is 9.18 Å². The lowest BCUT2D eigenvalue weighted by molar-refractivity contribution is -0.124. The van der Waals surface area contributed by atoms with Crippen molar-refractivity contribution in [1.29, 1.82) is 0 Å². The summed E-state index contributed by atoms with van der Waals surface area (Å²) in [7, 11) is 3.43. The third kappa shape index (κ3) is 2.99. The second-order valence-corrected chi connectivity index (χ2v) is 5.95. The molecule has 1 aromatic carbocycles. The number of ether oxygens (including phenoxy) is 1. The molecule has 1 aliphatic carbocycles. The van der Waals surface area contributed by atoms with Gasteiger partial charge in [0.05, 0.1) is 23.8 Å². The molecule has 23 heavy (non-hydrogen) atoms. The monoisotopic (exact) mass is 317 g/mol. The van der Waals surface area contributed by atoms with Crippen LogP contribution in [0.25, 0.3) is 0 Å². The Labute approximate surface area is 134 Å². The van der Waals surface area contributed by atoms with Gasteiger partial charge in [-0.3, -0.25) is 9.48 Å². The summed E-state index contributed by atoms with van der Waals surface area (Å²) >= 11 is 0. The van der Waals surface area contributed by atoms with Gasteiger partial charge in [-0.25, -0.2) is 4.39 Å². The van der Waals surface area contributed by atoms with Crippen LogP contribution in [0.3, 0.4) is 0 Å². The molecule has 2 aromatic rings. The minimum absolute atomic E-state index is 0.0487. The Morgan fingerprint density at radius 3 is 2.61 bits per heavy atom. The van der Waals surface area contributed by atoms with Crippen LogP contribution in [0.2, 0.25) is 0 Å². The number of hydrogen-bond acceptors (Lipinski definition) is 3. The maximum Gasteiger partial charge on any atom is 0.231 e. The molecular weight excluding hydrogens is 297 g/mol. The Morgan fingerprint density at radius 2 is 2.09 bits per heavy atom. The summed E-state index contributed by atoms with van der Waals surface area (Å²) < 4.78 is 20.1. The van der Waals surface area contributed by atoms with Gasteiger partial charge in [0.25, 0.3) is 0 Å². The first-order valence-electron chi connectivity index (χ1n) is 7.61. The van der Waals surface area contributed by atoms with Gasteiger partial charge in [0.15, 0.2) is 0 Å². The molecule has 0 radical (unpaired) electrons. The summed E-state index contributed by atoms with van der Waals surface area (Å²) in [6, 6.07) is 7.78. The van der Waals surface area contributed by atoms with Gasteiger partial charge < -0.3 is 10.1 Å². The van der Waals surface area contributed by atoms with Gasteiger partial charge in [-0.15, -0.1) is 0 Å². The number of halogens is 1. The average molecular weight is 317 g/mol. The summed E-state index contributed by atoms with van der Waals surface area (Å²) in [5, 5.41) is 7.20. The minimum atomic E-state index is -0.543. The van der Waals surface area contributed by atoms with Crippen LogP contribution in [-0.4, -0.2) is 29.4 Å². The first-order chi connectivity index (χ1) is 11.1. The largest absolute Gasteiger partial charge is 0.382 e. The third-order valence-corrected chi connectivity index (χ3v) is 4.44. The van der Waals surface area contributed by atoms with Crippen molar-refractivity contribution in [2.24, 2.45) is 7.05 Å². The molecule has 122 valence electrons. The van der Waals surface area contributed by atoms with Gasteiger partial charge in [0.1, 0.15) is 5.82 Å². The third-order valence-electron chi connectivity index (χ3n) is 4.44. The number of carbonyl (C=O) groups is 1. The van der Waals surface area contributed by atoms with E-state index in [2.05, 4.69) is 10.4 Å². The number of hydrogen-bond donors (Lipinski definition) is 1. The molecule has 1 heterocycles. The van der Waals surface area contributed by atoms with Gasteiger partial charge >= 0.3 is 0 Å². The van der Waals surface area contributed by atoms with E-state index in [-0.39, 0.29) is 17.8 Å². The first kappa shape index (κ1) is 15.7. The van der Waals surface area contributed by atoms with Crippen LogP contribution in [0.5, 0.6) is 0 Å². The summed E-state index contributed by atoms with van der Waals surface area (Å²) in [5.74, 6) is -0.343. The number of carbonyl (C=O) groups excluding carboxylic acids is 1. The molecular formula is C17H20FN3O2. The van der Waals surface area contributed by atoms with Crippen LogP contribution in [0.15, 0.2) is 36.5 Å². The molecule has 1 fully saturated rings. The summed E-state index contributed by atoms with van der Waals surface area (Å²) in [6.07, 6.45) is 3.24. The molecule has 1 atom stereocenters.